The Morgan fingerprint density at radius 1 is 1.47 bits per heavy atom. The van der Waals surface area contributed by atoms with Crippen LogP contribution in [0.4, 0.5) is 13.2 Å². The highest BCUT2D eigenvalue weighted by molar-refractivity contribution is 6.33. The average Bonchev–Trinajstić information content (AvgIpc) is 2.01. The molecule has 0 bridgehead atoms. The van der Waals surface area contributed by atoms with Crippen LogP contribution >= 0.6 is 24.0 Å². The number of alkyl halides is 3. The molecule has 0 radical (unpaired) electrons. The van der Waals surface area contributed by atoms with E-state index < -0.39 is 17.6 Å². The van der Waals surface area contributed by atoms with Gasteiger partial charge in [-0.3, -0.25) is 10.4 Å². The van der Waals surface area contributed by atoms with Crippen LogP contribution in [0.2, 0.25) is 5.02 Å². The summed E-state index contributed by atoms with van der Waals surface area (Å²) in [5.41, 5.74) is 3.91. The third-order valence-electron chi connectivity index (χ3n) is 1.42. The normalized spacial score (nSPS) is 10.7. The van der Waals surface area contributed by atoms with Gasteiger partial charge in [0.1, 0.15) is 11.5 Å². The summed E-state index contributed by atoms with van der Waals surface area (Å²) in [4.78, 5) is 3.34. The Kier molecular flexibility index (Phi) is 4.36. The van der Waals surface area contributed by atoms with Gasteiger partial charge in [0, 0.05) is 6.20 Å². The van der Waals surface area contributed by atoms with E-state index in [1.165, 1.54) is 0 Å². The maximum atomic E-state index is 12.1. The molecule has 8 heteroatoms. The first-order chi connectivity index (χ1) is 6.32. The number of rotatable bonds is 1. The number of nitrogens with zero attached hydrogens (tertiary/aromatic N) is 1. The van der Waals surface area contributed by atoms with Crippen LogP contribution in [0.1, 0.15) is 11.3 Å². The smallest absolute Gasteiger partial charge is 0.382 e. The van der Waals surface area contributed by atoms with Crippen molar-refractivity contribution in [3.05, 3.63) is 28.5 Å². The van der Waals surface area contributed by atoms with Crippen molar-refractivity contribution in [1.29, 1.82) is 5.41 Å². The molecule has 84 valence electrons. The van der Waals surface area contributed by atoms with Gasteiger partial charge in [0.05, 0.1) is 10.6 Å². The van der Waals surface area contributed by atoms with Gasteiger partial charge in [-0.15, -0.1) is 12.4 Å². The summed E-state index contributed by atoms with van der Waals surface area (Å²) in [6, 6.07) is 0.686. The third-order valence-corrected chi connectivity index (χ3v) is 1.71. The van der Waals surface area contributed by atoms with Crippen LogP contribution in [0, 0.1) is 5.41 Å². The second kappa shape index (κ2) is 4.67. The molecule has 0 atom stereocenters. The number of amidine groups is 1. The first kappa shape index (κ1) is 14.0. The van der Waals surface area contributed by atoms with E-state index in [0.29, 0.717) is 12.3 Å². The van der Waals surface area contributed by atoms with Crippen molar-refractivity contribution < 1.29 is 13.2 Å². The fourth-order valence-electron chi connectivity index (χ4n) is 0.791. The lowest BCUT2D eigenvalue weighted by atomic mass is 10.2. The summed E-state index contributed by atoms with van der Waals surface area (Å²) in [6.45, 7) is 0. The van der Waals surface area contributed by atoms with Crippen molar-refractivity contribution in [3.8, 4) is 0 Å². The van der Waals surface area contributed by atoms with E-state index in [4.69, 9.17) is 22.7 Å². The van der Waals surface area contributed by atoms with Crippen LogP contribution in [-0.2, 0) is 6.18 Å². The molecular weight excluding hydrogens is 254 g/mol. The van der Waals surface area contributed by atoms with Crippen LogP contribution in [-0.4, -0.2) is 10.8 Å². The summed E-state index contributed by atoms with van der Waals surface area (Å²) in [5.74, 6) is -0.469. The molecule has 0 amide bonds. The third kappa shape index (κ3) is 3.24. The Hall–Kier alpha value is -1.01. The zero-order valence-electron chi connectivity index (χ0n) is 7.10. The number of nitrogens with one attached hydrogen (secondary N) is 1. The van der Waals surface area contributed by atoms with Crippen LogP contribution < -0.4 is 5.73 Å². The Labute approximate surface area is 94.4 Å². The van der Waals surface area contributed by atoms with Crippen molar-refractivity contribution >= 4 is 29.8 Å². The second-order valence-electron chi connectivity index (χ2n) is 2.47. The molecule has 3 N–H and O–H groups in total. The van der Waals surface area contributed by atoms with Gasteiger partial charge in [0.25, 0.3) is 0 Å². The van der Waals surface area contributed by atoms with Crippen molar-refractivity contribution in [2.45, 2.75) is 6.18 Å². The molecule has 0 saturated carbocycles. The molecule has 0 aliphatic carbocycles. The molecule has 0 fully saturated rings. The second-order valence-corrected chi connectivity index (χ2v) is 2.87. The highest BCUT2D eigenvalue weighted by Gasteiger charge is 2.31. The van der Waals surface area contributed by atoms with E-state index in [1.54, 1.807) is 0 Å². The monoisotopic (exact) mass is 259 g/mol. The topological polar surface area (TPSA) is 62.8 Å². The molecule has 1 aromatic heterocycles. The fraction of sp³-hybridized carbons (Fsp3) is 0.143. The lowest BCUT2D eigenvalue weighted by Gasteiger charge is -2.07. The number of pyridine rings is 1. The van der Waals surface area contributed by atoms with E-state index >= 15 is 0 Å². The number of nitrogen functional groups attached to an aromatic ring is 1. The summed E-state index contributed by atoms with van der Waals surface area (Å²) >= 11 is 5.45. The molecule has 1 heterocycles. The van der Waals surface area contributed by atoms with Crippen LogP contribution in [0.15, 0.2) is 12.3 Å². The quantitative estimate of drug-likeness (QED) is 0.601. The molecule has 0 unspecified atom stereocenters. The lowest BCUT2D eigenvalue weighted by Crippen LogP contribution is -2.15. The molecule has 0 aliphatic heterocycles. The summed E-state index contributed by atoms with van der Waals surface area (Å²) in [6.07, 6.45) is -3.91. The van der Waals surface area contributed by atoms with Crippen molar-refractivity contribution in [2.75, 3.05) is 0 Å². The Balaban J connectivity index is 0.00000196. The van der Waals surface area contributed by atoms with E-state index in [0.717, 1.165) is 0 Å². The van der Waals surface area contributed by atoms with Gasteiger partial charge in [0.2, 0.25) is 0 Å². The van der Waals surface area contributed by atoms with Crippen LogP contribution in [0.3, 0.4) is 0 Å². The van der Waals surface area contributed by atoms with Gasteiger partial charge < -0.3 is 5.73 Å². The van der Waals surface area contributed by atoms with Crippen molar-refractivity contribution in [3.63, 3.8) is 0 Å². The maximum absolute atomic E-state index is 12.1. The SMILES string of the molecule is Cl.N=C(N)c1ncc(C(F)(F)F)cc1Cl. The number of hydrogen-bond donors (Lipinski definition) is 2. The molecule has 0 spiro atoms. The molecule has 1 aromatic rings. The summed E-state index contributed by atoms with van der Waals surface area (Å²) in [7, 11) is 0. The first-order valence-corrected chi connectivity index (χ1v) is 3.77. The van der Waals surface area contributed by atoms with Gasteiger partial charge in [-0.2, -0.15) is 13.2 Å². The molecule has 1 rings (SSSR count). The van der Waals surface area contributed by atoms with E-state index in [1.807, 2.05) is 0 Å². The van der Waals surface area contributed by atoms with Gasteiger partial charge in [0.15, 0.2) is 0 Å². The minimum atomic E-state index is -4.49. The minimum Gasteiger partial charge on any atom is -0.382 e. The highest BCUT2D eigenvalue weighted by Crippen LogP contribution is 2.30. The van der Waals surface area contributed by atoms with Gasteiger partial charge in [-0.1, -0.05) is 11.6 Å². The minimum absolute atomic E-state index is 0. The molecule has 15 heavy (non-hydrogen) atoms. The molecule has 0 aliphatic rings. The number of hydrogen-bond acceptors (Lipinski definition) is 2. The lowest BCUT2D eigenvalue weighted by molar-refractivity contribution is -0.137. The maximum Gasteiger partial charge on any atom is 0.417 e. The predicted octanol–water partition coefficient (Wildman–Crippen LogP) is 2.46. The fourth-order valence-corrected chi connectivity index (χ4v) is 1.06. The van der Waals surface area contributed by atoms with E-state index in [2.05, 4.69) is 4.98 Å². The van der Waals surface area contributed by atoms with Crippen molar-refractivity contribution in [1.82, 2.24) is 4.98 Å². The molecule has 0 saturated heterocycles. The predicted molar refractivity (Wildman–Crippen MR) is 52.5 cm³/mol. The van der Waals surface area contributed by atoms with Gasteiger partial charge in [-0.25, -0.2) is 0 Å². The molecular formula is C7H6Cl2F3N3. The Morgan fingerprint density at radius 2 is 2.00 bits per heavy atom. The van der Waals surface area contributed by atoms with Crippen LogP contribution in [0.5, 0.6) is 0 Å². The van der Waals surface area contributed by atoms with Gasteiger partial charge >= 0.3 is 6.18 Å². The number of nitrogens with two attached hydrogens (primary N) is 1. The Morgan fingerprint density at radius 3 is 2.33 bits per heavy atom. The van der Waals surface area contributed by atoms with Gasteiger partial charge in [-0.05, 0) is 6.07 Å². The zero-order chi connectivity index (χ0) is 10.9. The first-order valence-electron chi connectivity index (χ1n) is 3.39. The van der Waals surface area contributed by atoms with Crippen molar-refractivity contribution in [2.24, 2.45) is 5.73 Å². The largest absolute Gasteiger partial charge is 0.417 e. The molecule has 3 nitrogen and oxygen atoms in total. The molecule has 0 aromatic carbocycles. The zero-order valence-corrected chi connectivity index (χ0v) is 8.67. The summed E-state index contributed by atoms with van der Waals surface area (Å²) < 4.78 is 36.4. The Bertz CT molecular complexity index is 378. The summed E-state index contributed by atoms with van der Waals surface area (Å²) in [5, 5.41) is 6.67. The van der Waals surface area contributed by atoms with E-state index in [9.17, 15) is 13.2 Å². The highest BCUT2D eigenvalue weighted by atomic mass is 35.5. The van der Waals surface area contributed by atoms with E-state index in [-0.39, 0.29) is 23.1 Å². The number of halogens is 5. The standard InChI is InChI=1S/C7H5ClF3N3.ClH/c8-4-1-3(7(9,10)11)2-14-5(4)6(12)13;/h1-2H,(H3,12,13);1H. The number of aromatic nitrogens is 1. The average molecular weight is 260 g/mol. The van der Waals surface area contributed by atoms with Crippen LogP contribution in [0.25, 0.3) is 0 Å².